The predicted molar refractivity (Wildman–Crippen MR) is 121 cm³/mol. The Labute approximate surface area is 194 Å². The van der Waals surface area contributed by atoms with E-state index >= 15 is 0 Å². The standard InChI is InChI=1S/C21H33FN2O3.2CH2O2/c1-27-20-3-2-18(21(22)12-20)13-23-8-4-16(5-9-23)17-6-10-24(11-7-17)14-19(26)15-25;2*2-1-3/h2-3,12,16-17,19,25-26H,4-11,13-15H2,1H3;2*1H,(H,2,3). The van der Waals surface area contributed by atoms with E-state index < -0.39 is 6.10 Å². The highest BCUT2D eigenvalue weighted by atomic mass is 19.1. The first-order valence-corrected chi connectivity index (χ1v) is 11.1. The quantitative estimate of drug-likeness (QED) is 0.436. The molecule has 2 heterocycles. The van der Waals surface area contributed by atoms with Crippen molar-refractivity contribution in [3.63, 3.8) is 0 Å². The molecule has 0 amide bonds. The second kappa shape index (κ2) is 16.4. The molecule has 2 fully saturated rings. The number of methoxy groups -OCH3 is 1. The van der Waals surface area contributed by atoms with E-state index in [1.165, 1.54) is 31.7 Å². The number of halogens is 1. The highest BCUT2D eigenvalue weighted by Crippen LogP contribution is 2.33. The summed E-state index contributed by atoms with van der Waals surface area (Å²) < 4.78 is 19.2. The Morgan fingerprint density at radius 1 is 1.03 bits per heavy atom. The van der Waals surface area contributed by atoms with E-state index in [0.29, 0.717) is 18.8 Å². The summed E-state index contributed by atoms with van der Waals surface area (Å²) in [5, 5.41) is 32.4. The van der Waals surface area contributed by atoms with Crippen molar-refractivity contribution in [2.75, 3.05) is 46.4 Å². The summed E-state index contributed by atoms with van der Waals surface area (Å²) >= 11 is 0. The van der Waals surface area contributed by atoms with Gasteiger partial charge in [0.1, 0.15) is 11.6 Å². The molecule has 10 heteroatoms. The smallest absolute Gasteiger partial charge is 0.290 e. The van der Waals surface area contributed by atoms with Crippen LogP contribution >= 0.6 is 0 Å². The molecule has 3 rings (SSSR count). The molecule has 0 aliphatic carbocycles. The molecular weight excluding hydrogens is 435 g/mol. The number of likely N-dealkylation sites (tertiary alicyclic amines) is 2. The molecule has 2 aliphatic heterocycles. The first-order chi connectivity index (χ1) is 15.9. The van der Waals surface area contributed by atoms with Crippen LogP contribution in [0.2, 0.25) is 0 Å². The Morgan fingerprint density at radius 3 is 1.94 bits per heavy atom. The molecule has 188 valence electrons. The highest BCUT2D eigenvalue weighted by molar-refractivity contribution is 5.33. The van der Waals surface area contributed by atoms with Crippen LogP contribution in [0.25, 0.3) is 0 Å². The van der Waals surface area contributed by atoms with Crippen molar-refractivity contribution in [1.82, 2.24) is 9.80 Å². The number of ether oxygens (including phenoxy) is 1. The lowest BCUT2D eigenvalue weighted by molar-refractivity contribution is -0.123. The van der Waals surface area contributed by atoms with Gasteiger partial charge in [0.25, 0.3) is 12.9 Å². The van der Waals surface area contributed by atoms with E-state index in [4.69, 9.17) is 29.6 Å². The van der Waals surface area contributed by atoms with Crippen LogP contribution in [-0.2, 0) is 16.1 Å². The molecule has 1 atom stereocenters. The second-order valence-electron chi connectivity index (χ2n) is 8.26. The summed E-state index contributed by atoms with van der Waals surface area (Å²) in [5.74, 6) is 1.89. The number of carbonyl (C=O) groups is 2. The van der Waals surface area contributed by atoms with Crippen LogP contribution in [0, 0.1) is 17.7 Å². The molecule has 2 aliphatic rings. The van der Waals surface area contributed by atoms with Gasteiger partial charge in [0.05, 0.1) is 19.8 Å². The van der Waals surface area contributed by atoms with Crippen LogP contribution in [0.15, 0.2) is 18.2 Å². The lowest BCUT2D eigenvalue weighted by atomic mass is 9.78. The number of hydrogen-bond donors (Lipinski definition) is 4. The summed E-state index contributed by atoms with van der Waals surface area (Å²) in [6, 6.07) is 5.12. The SMILES string of the molecule is COc1ccc(CN2CCC(C3CCN(CC(O)CO)CC3)CC2)c(F)c1.O=CO.O=CO. The molecule has 0 saturated carbocycles. The minimum absolute atomic E-state index is 0.160. The Hall–Kier alpha value is -2.27. The molecule has 4 N–H and O–H groups in total. The number of benzene rings is 1. The van der Waals surface area contributed by atoms with E-state index in [-0.39, 0.29) is 25.4 Å². The van der Waals surface area contributed by atoms with Crippen molar-refractivity contribution in [3.05, 3.63) is 29.6 Å². The van der Waals surface area contributed by atoms with E-state index in [9.17, 15) is 9.50 Å². The fourth-order valence-corrected chi connectivity index (χ4v) is 4.57. The lowest BCUT2D eigenvalue weighted by Crippen LogP contribution is -2.43. The van der Waals surface area contributed by atoms with Crippen LogP contribution in [0.4, 0.5) is 4.39 Å². The Kier molecular flexibility index (Phi) is 14.3. The zero-order valence-electron chi connectivity index (χ0n) is 19.2. The molecule has 33 heavy (non-hydrogen) atoms. The summed E-state index contributed by atoms with van der Waals surface area (Å²) in [6.07, 6.45) is 4.10. The number of hydrogen-bond acceptors (Lipinski definition) is 7. The highest BCUT2D eigenvalue weighted by Gasteiger charge is 2.30. The van der Waals surface area contributed by atoms with Gasteiger partial charge in [-0.3, -0.25) is 14.5 Å². The van der Waals surface area contributed by atoms with Crippen LogP contribution in [-0.4, -0.2) is 95.7 Å². The zero-order valence-corrected chi connectivity index (χ0v) is 19.2. The van der Waals surface area contributed by atoms with E-state index in [1.807, 2.05) is 12.1 Å². The number of nitrogens with zero attached hydrogens (tertiary/aromatic N) is 2. The maximum Gasteiger partial charge on any atom is 0.290 e. The molecule has 2 saturated heterocycles. The van der Waals surface area contributed by atoms with Crippen molar-refractivity contribution < 1.29 is 39.1 Å². The summed E-state index contributed by atoms with van der Waals surface area (Å²) in [6.45, 7) is 4.67. The van der Waals surface area contributed by atoms with Crippen molar-refractivity contribution in [2.24, 2.45) is 11.8 Å². The molecule has 9 nitrogen and oxygen atoms in total. The molecule has 0 radical (unpaired) electrons. The maximum absolute atomic E-state index is 14.2. The third-order valence-electron chi connectivity index (χ3n) is 6.27. The average molecular weight is 473 g/mol. The Morgan fingerprint density at radius 2 is 1.52 bits per heavy atom. The minimum atomic E-state index is -0.622. The predicted octanol–water partition coefficient (Wildman–Crippen LogP) is 1.51. The van der Waals surface area contributed by atoms with Gasteiger partial charge in [-0.25, -0.2) is 4.39 Å². The number of aliphatic hydroxyl groups excluding tert-OH is 2. The van der Waals surface area contributed by atoms with Gasteiger partial charge in [-0.1, -0.05) is 6.07 Å². The average Bonchev–Trinajstić information content (AvgIpc) is 2.82. The lowest BCUT2D eigenvalue weighted by Gasteiger charge is -2.40. The summed E-state index contributed by atoms with van der Waals surface area (Å²) in [4.78, 5) is 21.3. The van der Waals surface area contributed by atoms with Gasteiger partial charge in [0.15, 0.2) is 0 Å². The monoisotopic (exact) mass is 472 g/mol. The van der Waals surface area contributed by atoms with E-state index in [0.717, 1.165) is 43.6 Å². The molecule has 0 bridgehead atoms. The minimum Gasteiger partial charge on any atom is -0.497 e. The normalized spacial score (nSPS) is 18.8. The van der Waals surface area contributed by atoms with Crippen molar-refractivity contribution >= 4 is 12.9 Å². The number of aliphatic hydroxyl groups is 2. The largest absolute Gasteiger partial charge is 0.497 e. The van der Waals surface area contributed by atoms with Gasteiger partial charge < -0.3 is 30.1 Å². The van der Waals surface area contributed by atoms with Crippen LogP contribution < -0.4 is 4.74 Å². The van der Waals surface area contributed by atoms with E-state index in [1.54, 1.807) is 7.11 Å². The van der Waals surface area contributed by atoms with Crippen molar-refractivity contribution in [3.8, 4) is 5.75 Å². The third kappa shape index (κ3) is 10.5. The van der Waals surface area contributed by atoms with E-state index in [2.05, 4.69) is 9.80 Å². The van der Waals surface area contributed by atoms with Gasteiger partial charge in [-0.15, -0.1) is 0 Å². The first-order valence-electron chi connectivity index (χ1n) is 11.1. The maximum atomic E-state index is 14.2. The van der Waals surface area contributed by atoms with Gasteiger partial charge in [0, 0.05) is 24.7 Å². The molecular formula is C23H37FN2O7. The fourth-order valence-electron chi connectivity index (χ4n) is 4.57. The summed E-state index contributed by atoms with van der Waals surface area (Å²) in [5.41, 5.74) is 0.741. The van der Waals surface area contributed by atoms with Crippen molar-refractivity contribution in [2.45, 2.75) is 38.3 Å². The van der Waals surface area contributed by atoms with Gasteiger partial charge in [-0.05, 0) is 69.8 Å². The zero-order chi connectivity index (χ0) is 24.6. The van der Waals surface area contributed by atoms with Crippen LogP contribution in [0.5, 0.6) is 5.75 Å². The van der Waals surface area contributed by atoms with Crippen LogP contribution in [0.1, 0.15) is 31.2 Å². The number of piperidine rings is 2. The van der Waals surface area contributed by atoms with Crippen molar-refractivity contribution in [1.29, 1.82) is 0 Å². The Bertz CT molecular complexity index is 673. The molecule has 1 unspecified atom stereocenters. The molecule has 0 aromatic heterocycles. The molecule has 1 aromatic rings. The van der Waals surface area contributed by atoms with Gasteiger partial charge in [0.2, 0.25) is 0 Å². The van der Waals surface area contributed by atoms with Gasteiger partial charge >= 0.3 is 0 Å². The summed E-state index contributed by atoms with van der Waals surface area (Å²) in [7, 11) is 1.55. The first kappa shape index (κ1) is 28.8. The fraction of sp³-hybridized carbons (Fsp3) is 0.652. The number of carboxylic acid groups (broad SMARTS) is 2. The molecule has 0 spiro atoms. The van der Waals surface area contributed by atoms with Crippen LogP contribution in [0.3, 0.4) is 0 Å². The number of β-amino-alcohol motifs (C(OH)–C–C–N with tert-alkyl or cyclic N) is 1. The Balaban J connectivity index is 0.000000819. The third-order valence-corrected chi connectivity index (χ3v) is 6.27. The number of rotatable bonds is 7. The van der Waals surface area contributed by atoms with Gasteiger partial charge in [-0.2, -0.15) is 0 Å². The topological polar surface area (TPSA) is 131 Å². The molecule has 1 aromatic carbocycles. The second-order valence-corrected chi connectivity index (χ2v) is 8.26.